The summed E-state index contributed by atoms with van der Waals surface area (Å²) < 4.78 is 5.17. The molecule has 0 spiro atoms. The molecule has 1 heterocycles. The quantitative estimate of drug-likeness (QED) is 0.856. The first-order valence-corrected chi connectivity index (χ1v) is 8.81. The molecular weight excluding hydrogens is 312 g/mol. The number of nitrogens with zero attached hydrogens (tertiary/aromatic N) is 2. The SMILES string of the molecule is COc1ccc(C(=O)N2CC(C)N(Cc3ccccc3)C(C)C2)cc1. The van der Waals surface area contributed by atoms with E-state index in [1.807, 2.05) is 35.2 Å². The Bertz CT molecular complexity index is 688. The highest BCUT2D eigenvalue weighted by Gasteiger charge is 2.32. The maximum Gasteiger partial charge on any atom is 0.253 e. The Morgan fingerprint density at radius 3 is 2.16 bits per heavy atom. The maximum atomic E-state index is 12.8. The number of piperazine rings is 1. The topological polar surface area (TPSA) is 32.8 Å². The van der Waals surface area contributed by atoms with Gasteiger partial charge in [0.25, 0.3) is 5.91 Å². The maximum absolute atomic E-state index is 12.8. The average Bonchev–Trinajstić information content (AvgIpc) is 2.65. The molecule has 1 aliphatic heterocycles. The number of amides is 1. The van der Waals surface area contributed by atoms with E-state index >= 15 is 0 Å². The van der Waals surface area contributed by atoms with Gasteiger partial charge < -0.3 is 9.64 Å². The minimum absolute atomic E-state index is 0.0979. The Kier molecular flexibility index (Phi) is 5.39. The molecule has 1 fully saturated rings. The standard InChI is InChI=1S/C21H26N2O2/c1-16-13-22(21(24)19-9-11-20(25-3)12-10-19)14-17(2)23(16)15-18-7-5-4-6-8-18/h4-12,16-17H,13-15H2,1-3H3. The molecule has 4 heteroatoms. The van der Waals surface area contributed by atoms with Crippen LogP contribution in [-0.2, 0) is 6.54 Å². The molecule has 2 aromatic carbocycles. The van der Waals surface area contributed by atoms with Gasteiger partial charge >= 0.3 is 0 Å². The summed E-state index contributed by atoms with van der Waals surface area (Å²) in [5.41, 5.74) is 2.04. The number of benzene rings is 2. The Labute approximate surface area is 150 Å². The minimum Gasteiger partial charge on any atom is -0.497 e. The first-order chi connectivity index (χ1) is 12.1. The van der Waals surface area contributed by atoms with Crippen LogP contribution in [-0.4, -0.2) is 48.0 Å². The van der Waals surface area contributed by atoms with Crippen LogP contribution in [0.25, 0.3) is 0 Å². The third-order valence-corrected chi connectivity index (χ3v) is 4.93. The van der Waals surface area contributed by atoms with Crippen LogP contribution < -0.4 is 4.74 Å². The second kappa shape index (κ2) is 7.70. The van der Waals surface area contributed by atoms with Crippen molar-refractivity contribution in [2.45, 2.75) is 32.5 Å². The molecule has 0 bridgehead atoms. The molecule has 0 aliphatic carbocycles. The van der Waals surface area contributed by atoms with Crippen LogP contribution in [0.3, 0.4) is 0 Å². The van der Waals surface area contributed by atoms with Crippen molar-refractivity contribution in [2.24, 2.45) is 0 Å². The normalized spacial score (nSPS) is 21.2. The fraction of sp³-hybridized carbons (Fsp3) is 0.381. The van der Waals surface area contributed by atoms with Gasteiger partial charge in [-0.15, -0.1) is 0 Å². The Hall–Kier alpha value is -2.33. The zero-order valence-corrected chi connectivity index (χ0v) is 15.2. The van der Waals surface area contributed by atoms with E-state index in [9.17, 15) is 4.79 Å². The van der Waals surface area contributed by atoms with Gasteiger partial charge in [-0.2, -0.15) is 0 Å². The Morgan fingerprint density at radius 1 is 1.00 bits per heavy atom. The zero-order valence-electron chi connectivity index (χ0n) is 15.2. The van der Waals surface area contributed by atoms with E-state index in [1.54, 1.807) is 7.11 Å². The molecule has 132 valence electrons. The van der Waals surface area contributed by atoms with Crippen LogP contribution in [0.5, 0.6) is 5.75 Å². The number of hydrogen-bond acceptors (Lipinski definition) is 3. The lowest BCUT2D eigenvalue weighted by Gasteiger charge is -2.44. The first kappa shape index (κ1) is 17.5. The van der Waals surface area contributed by atoms with E-state index < -0.39 is 0 Å². The van der Waals surface area contributed by atoms with Gasteiger partial charge in [0.2, 0.25) is 0 Å². The molecule has 0 radical (unpaired) electrons. The van der Waals surface area contributed by atoms with E-state index in [0.29, 0.717) is 12.1 Å². The molecule has 2 aromatic rings. The summed E-state index contributed by atoms with van der Waals surface area (Å²) in [6.07, 6.45) is 0. The fourth-order valence-electron chi connectivity index (χ4n) is 3.54. The molecule has 0 N–H and O–H groups in total. The van der Waals surface area contributed by atoms with Crippen molar-refractivity contribution in [3.63, 3.8) is 0 Å². The number of carbonyl (C=O) groups excluding carboxylic acids is 1. The van der Waals surface area contributed by atoms with Gasteiger partial charge in [-0.05, 0) is 43.7 Å². The lowest BCUT2D eigenvalue weighted by atomic mass is 10.0. The third-order valence-electron chi connectivity index (χ3n) is 4.93. The summed E-state index contributed by atoms with van der Waals surface area (Å²) in [5, 5.41) is 0. The van der Waals surface area contributed by atoms with Crippen LogP contribution in [0.2, 0.25) is 0 Å². The number of rotatable bonds is 4. The number of carbonyl (C=O) groups is 1. The number of methoxy groups -OCH3 is 1. The predicted molar refractivity (Wildman–Crippen MR) is 99.8 cm³/mol. The van der Waals surface area contributed by atoms with Crippen LogP contribution >= 0.6 is 0 Å². The van der Waals surface area contributed by atoms with Crippen molar-refractivity contribution in [3.05, 3.63) is 65.7 Å². The van der Waals surface area contributed by atoms with Gasteiger partial charge in [0.05, 0.1) is 7.11 Å². The molecule has 3 rings (SSSR count). The van der Waals surface area contributed by atoms with Crippen molar-refractivity contribution in [2.75, 3.05) is 20.2 Å². The van der Waals surface area contributed by atoms with E-state index in [1.165, 1.54) is 5.56 Å². The fourth-order valence-corrected chi connectivity index (χ4v) is 3.54. The van der Waals surface area contributed by atoms with Gasteiger partial charge in [0, 0.05) is 37.3 Å². The smallest absolute Gasteiger partial charge is 0.253 e. The van der Waals surface area contributed by atoms with Crippen molar-refractivity contribution in [1.82, 2.24) is 9.80 Å². The monoisotopic (exact) mass is 338 g/mol. The molecule has 0 saturated carbocycles. The largest absolute Gasteiger partial charge is 0.497 e. The van der Waals surface area contributed by atoms with Crippen LogP contribution in [0.4, 0.5) is 0 Å². The summed E-state index contributed by atoms with van der Waals surface area (Å²) in [6.45, 7) is 6.83. The summed E-state index contributed by atoms with van der Waals surface area (Å²) in [7, 11) is 1.63. The molecule has 1 aliphatic rings. The highest BCUT2D eigenvalue weighted by Crippen LogP contribution is 2.21. The average molecular weight is 338 g/mol. The number of hydrogen-bond donors (Lipinski definition) is 0. The van der Waals surface area contributed by atoms with Crippen molar-refractivity contribution in [3.8, 4) is 5.75 Å². The van der Waals surface area contributed by atoms with E-state index in [-0.39, 0.29) is 5.91 Å². The van der Waals surface area contributed by atoms with Crippen molar-refractivity contribution < 1.29 is 9.53 Å². The lowest BCUT2D eigenvalue weighted by Crippen LogP contribution is -2.57. The Balaban J connectivity index is 1.67. The lowest BCUT2D eigenvalue weighted by molar-refractivity contribution is 0.0269. The van der Waals surface area contributed by atoms with Crippen LogP contribution in [0.15, 0.2) is 54.6 Å². The van der Waals surface area contributed by atoms with Gasteiger partial charge in [-0.25, -0.2) is 0 Å². The summed E-state index contributed by atoms with van der Waals surface area (Å²) in [5.74, 6) is 0.867. The second-order valence-corrected chi connectivity index (χ2v) is 6.79. The highest BCUT2D eigenvalue weighted by atomic mass is 16.5. The van der Waals surface area contributed by atoms with Crippen LogP contribution in [0.1, 0.15) is 29.8 Å². The van der Waals surface area contributed by atoms with Gasteiger partial charge in [-0.1, -0.05) is 30.3 Å². The van der Waals surface area contributed by atoms with Crippen molar-refractivity contribution in [1.29, 1.82) is 0 Å². The van der Waals surface area contributed by atoms with Gasteiger partial charge in [0.1, 0.15) is 5.75 Å². The first-order valence-electron chi connectivity index (χ1n) is 8.81. The molecule has 4 nitrogen and oxygen atoms in total. The number of ether oxygens (including phenoxy) is 1. The second-order valence-electron chi connectivity index (χ2n) is 6.79. The Morgan fingerprint density at radius 2 is 1.60 bits per heavy atom. The summed E-state index contributed by atoms with van der Waals surface area (Å²) in [6, 6.07) is 18.5. The molecule has 1 amide bonds. The molecule has 0 aromatic heterocycles. The molecule has 25 heavy (non-hydrogen) atoms. The van der Waals surface area contributed by atoms with Gasteiger partial charge in [-0.3, -0.25) is 9.69 Å². The van der Waals surface area contributed by atoms with E-state index in [0.717, 1.165) is 30.9 Å². The van der Waals surface area contributed by atoms with E-state index in [4.69, 9.17) is 4.74 Å². The molecular formula is C21H26N2O2. The summed E-state index contributed by atoms with van der Waals surface area (Å²) in [4.78, 5) is 17.3. The highest BCUT2D eigenvalue weighted by molar-refractivity contribution is 5.94. The zero-order chi connectivity index (χ0) is 17.8. The van der Waals surface area contributed by atoms with E-state index in [2.05, 4.69) is 43.0 Å². The third kappa shape index (κ3) is 4.02. The van der Waals surface area contributed by atoms with Gasteiger partial charge in [0.15, 0.2) is 0 Å². The van der Waals surface area contributed by atoms with Crippen molar-refractivity contribution >= 4 is 5.91 Å². The predicted octanol–water partition coefficient (Wildman–Crippen LogP) is 3.43. The molecule has 2 atom stereocenters. The summed E-state index contributed by atoms with van der Waals surface area (Å²) >= 11 is 0. The van der Waals surface area contributed by atoms with Crippen LogP contribution in [0, 0.1) is 0 Å². The molecule has 2 unspecified atom stereocenters. The molecule has 1 saturated heterocycles. The minimum atomic E-state index is 0.0979.